The minimum atomic E-state index is 1.11. The first kappa shape index (κ1) is 30.0. The Kier molecular flexibility index (Phi) is 7.04. The molecule has 0 atom stereocenters. The van der Waals surface area contributed by atoms with Gasteiger partial charge in [-0.05, 0) is 109 Å². The average Bonchev–Trinajstić information content (AvgIpc) is 3.72. The van der Waals surface area contributed by atoms with Gasteiger partial charge in [0.05, 0.1) is 22.1 Å². The van der Waals surface area contributed by atoms with E-state index >= 15 is 0 Å². The number of aryl methyl sites for hydroxylation is 1. The van der Waals surface area contributed by atoms with Crippen LogP contribution in [-0.4, -0.2) is 9.13 Å². The molecule has 3 heteroatoms. The maximum absolute atomic E-state index is 2.40. The molecule has 8 aromatic carbocycles. The molecule has 0 fully saturated rings. The molecule has 0 aliphatic carbocycles. The first-order chi connectivity index (χ1) is 25.7. The van der Waals surface area contributed by atoms with E-state index in [0.717, 1.165) is 17.1 Å². The quantitative estimate of drug-likeness (QED) is 0.172. The van der Waals surface area contributed by atoms with E-state index in [9.17, 15) is 0 Å². The van der Waals surface area contributed by atoms with Crippen LogP contribution in [0.5, 0.6) is 0 Å². The van der Waals surface area contributed by atoms with Gasteiger partial charge in [-0.2, -0.15) is 0 Å². The van der Waals surface area contributed by atoms with Crippen molar-refractivity contribution in [3.63, 3.8) is 0 Å². The first-order valence-electron chi connectivity index (χ1n) is 17.9. The van der Waals surface area contributed by atoms with Gasteiger partial charge in [-0.15, -0.1) is 0 Å². The van der Waals surface area contributed by atoms with Gasteiger partial charge in [0.15, 0.2) is 0 Å². The standard InChI is InChI=1S/C49H35N3/c1-34-32-40(29-31-45(34)52-47-22-12-8-18-41(47)42-19-9-13-23-48(42)52)50(37-14-4-2-5-15-37)39-27-24-35(25-28-39)36-26-30-49-44(33-36)43-20-10-11-21-46(43)51(49)38-16-6-3-7-17-38/h2-33H,1H3. The van der Waals surface area contributed by atoms with Crippen LogP contribution in [0.2, 0.25) is 0 Å². The average molecular weight is 666 g/mol. The summed E-state index contributed by atoms with van der Waals surface area (Å²) in [7, 11) is 0. The van der Waals surface area contributed by atoms with Crippen LogP contribution < -0.4 is 4.90 Å². The van der Waals surface area contributed by atoms with Crippen LogP contribution in [0, 0.1) is 6.92 Å². The van der Waals surface area contributed by atoms with E-state index in [4.69, 9.17) is 0 Å². The lowest BCUT2D eigenvalue weighted by atomic mass is 10.0. The summed E-state index contributed by atoms with van der Waals surface area (Å²) in [5, 5.41) is 5.06. The number of hydrogen-bond acceptors (Lipinski definition) is 1. The summed E-state index contributed by atoms with van der Waals surface area (Å²) in [4.78, 5) is 2.35. The molecule has 0 saturated carbocycles. The molecule has 0 amide bonds. The Balaban J connectivity index is 1.05. The lowest BCUT2D eigenvalue weighted by molar-refractivity contribution is 1.14. The summed E-state index contributed by atoms with van der Waals surface area (Å²) in [6.45, 7) is 2.22. The van der Waals surface area contributed by atoms with Crippen molar-refractivity contribution in [2.75, 3.05) is 4.90 Å². The van der Waals surface area contributed by atoms with E-state index in [2.05, 4.69) is 215 Å². The molecular formula is C49H35N3. The van der Waals surface area contributed by atoms with Crippen molar-refractivity contribution in [2.24, 2.45) is 0 Å². The Morgan fingerprint density at radius 2 is 0.827 bits per heavy atom. The molecule has 0 spiro atoms. The fourth-order valence-corrected chi connectivity index (χ4v) is 8.05. The van der Waals surface area contributed by atoms with Crippen molar-refractivity contribution in [1.82, 2.24) is 9.13 Å². The molecule has 0 aliphatic heterocycles. The highest BCUT2D eigenvalue weighted by Gasteiger charge is 2.18. The monoisotopic (exact) mass is 665 g/mol. The van der Waals surface area contributed by atoms with E-state index in [1.807, 2.05) is 0 Å². The van der Waals surface area contributed by atoms with Gasteiger partial charge >= 0.3 is 0 Å². The van der Waals surface area contributed by atoms with Gasteiger partial charge in [0.2, 0.25) is 0 Å². The largest absolute Gasteiger partial charge is 0.310 e. The van der Waals surface area contributed by atoms with Gasteiger partial charge in [-0.25, -0.2) is 0 Å². The Morgan fingerprint density at radius 1 is 0.346 bits per heavy atom. The molecule has 0 radical (unpaired) electrons. The third-order valence-electron chi connectivity index (χ3n) is 10.4. The topological polar surface area (TPSA) is 13.1 Å². The third kappa shape index (κ3) is 4.82. The third-order valence-corrected chi connectivity index (χ3v) is 10.4. The molecule has 10 aromatic rings. The number of hydrogen-bond donors (Lipinski definition) is 0. The van der Waals surface area contributed by atoms with Crippen molar-refractivity contribution in [1.29, 1.82) is 0 Å². The summed E-state index contributed by atoms with van der Waals surface area (Å²) in [5.41, 5.74) is 14.2. The zero-order chi connectivity index (χ0) is 34.6. The zero-order valence-electron chi connectivity index (χ0n) is 28.8. The number of para-hydroxylation sites is 5. The fourth-order valence-electron chi connectivity index (χ4n) is 8.05. The van der Waals surface area contributed by atoms with Crippen LogP contribution in [-0.2, 0) is 0 Å². The molecule has 0 unspecified atom stereocenters. The van der Waals surface area contributed by atoms with E-state index < -0.39 is 0 Å². The lowest BCUT2D eigenvalue weighted by Crippen LogP contribution is -2.10. The second-order valence-corrected chi connectivity index (χ2v) is 13.5. The highest BCUT2D eigenvalue weighted by Crippen LogP contribution is 2.40. The van der Waals surface area contributed by atoms with Crippen LogP contribution in [0.1, 0.15) is 5.56 Å². The minimum absolute atomic E-state index is 1.11. The Bertz CT molecular complexity index is 2840. The second-order valence-electron chi connectivity index (χ2n) is 13.5. The second kappa shape index (κ2) is 12.2. The van der Waals surface area contributed by atoms with Crippen LogP contribution in [0.3, 0.4) is 0 Å². The van der Waals surface area contributed by atoms with Gasteiger partial charge in [-0.3, -0.25) is 0 Å². The number of nitrogens with zero attached hydrogens (tertiary/aromatic N) is 3. The van der Waals surface area contributed by atoms with Crippen LogP contribution in [0.15, 0.2) is 194 Å². The molecule has 10 rings (SSSR count). The Labute approximate surface area is 302 Å². The summed E-state index contributed by atoms with van der Waals surface area (Å²) in [6.07, 6.45) is 0. The predicted molar refractivity (Wildman–Crippen MR) is 220 cm³/mol. The molecule has 2 aromatic heterocycles. The molecule has 0 N–H and O–H groups in total. The Morgan fingerprint density at radius 3 is 1.46 bits per heavy atom. The highest BCUT2D eigenvalue weighted by molar-refractivity contribution is 6.11. The van der Waals surface area contributed by atoms with Gasteiger partial charge in [0, 0.05) is 50.0 Å². The molecule has 2 heterocycles. The van der Waals surface area contributed by atoms with Crippen LogP contribution in [0.4, 0.5) is 17.1 Å². The van der Waals surface area contributed by atoms with Crippen molar-refractivity contribution in [3.05, 3.63) is 200 Å². The maximum Gasteiger partial charge on any atom is 0.0541 e. The van der Waals surface area contributed by atoms with Crippen molar-refractivity contribution in [2.45, 2.75) is 6.92 Å². The maximum atomic E-state index is 2.40. The molecular weight excluding hydrogens is 631 g/mol. The number of aromatic nitrogens is 2. The normalized spacial score (nSPS) is 11.6. The molecule has 0 bridgehead atoms. The van der Waals surface area contributed by atoms with Gasteiger partial charge in [-0.1, -0.05) is 109 Å². The smallest absolute Gasteiger partial charge is 0.0541 e. The van der Waals surface area contributed by atoms with Gasteiger partial charge in [0.25, 0.3) is 0 Å². The number of anilines is 3. The van der Waals surface area contributed by atoms with Gasteiger partial charge in [0.1, 0.15) is 0 Å². The summed E-state index contributed by atoms with van der Waals surface area (Å²) in [5.74, 6) is 0. The zero-order valence-corrected chi connectivity index (χ0v) is 28.8. The number of rotatable bonds is 6. The lowest BCUT2D eigenvalue weighted by Gasteiger charge is -2.26. The molecule has 3 nitrogen and oxygen atoms in total. The van der Waals surface area contributed by atoms with Gasteiger partial charge < -0.3 is 14.0 Å². The van der Waals surface area contributed by atoms with Crippen molar-refractivity contribution < 1.29 is 0 Å². The van der Waals surface area contributed by atoms with E-state index in [0.29, 0.717) is 0 Å². The van der Waals surface area contributed by atoms with E-state index in [1.165, 1.54) is 71.7 Å². The minimum Gasteiger partial charge on any atom is -0.310 e. The van der Waals surface area contributed by atoms with Crippen LogP contribution in [0.25, 0.3) is 66.1 Å². The SMILES string of the molecule is Cc1cc(N(c2ccccc2)c2ccc(-c3ccc4c(c3)c3ccccc3n4-c3ccccc3)cc2)ccc1-n1c2ccccc2c2ccccc21. The first-order valence-corrected chi connectivity index (χ1v) is 17.9. The molecule has 52 heavy (non-hydrogen) atoms. The number of benzene rings is 8. The summed E-state index contributed by atoms with van der Waals surface area (Å²) < 4.78 is 4.77. The predicted octanol–water partition coefficient (Wildman–Crippen LogP) is 13.3. The highest BCUT2D eigenvalue weighted by atomic mass is 15.1. The van der Waals surface area contributed by atoms with Crippen molar-refractivity contribution in [3.8, 4) is 22.5 Å². The van der Waals surface area contributed by atoms with Crippen molar-refractivity contribution >= 4 is 60.7 Å². The van der Waals surface area contributed by atoms with E-state index in [1.54, 1.807) is 0 Å². The summed E-state index contributed by atoms with van der Waals surface area (Å²) in [6, 6.07) is 70.1. The Hall–Kier alpha value is -6.84. The molecule has 246 valence electrons. The van der Waals surface area contributed by atoms with E-state index in [-0.39, 0.29) is 0 Å². The fraction of sp³-hybridized carbons (Fsp3) is 0.0204. The summed E-state index contributed by atoms with van der Waals surface area (Å²) >= 11 is 0. The van der Waals surface area contributed by atoms with Crippen LogP contribution >= 0.6 is 0 Å². The molecule has 0 saturated heterocycles. The number of fused-ring (bicyclic) bond motifs is 6. The molecule has 0 aliphatic rings.